The lowest BCUT2D eigenvalue weighted by Crippen LogP contribution is -2.12. The number of aromatic hydroxyl groups is 2. The predicted octanol–water partition coefficient (Wildman–Crippen LogP) is 6.18. The second kappa shape index (κ2) is 10.9. The van der Waals surface area contributed by atoms with Crippen molar-refractivity contribution >= 4 is 46.2 Å². The summed E-state index contributed by atoms with van der Waals surface area (Å²) in [6.07, 6.45) is -4.85. The highest BCUT2D eigenvalue weighted by atomic mass is 35.5. The molecule has 0 saturated carbocycles. The Morgan fingerprint density at radius 1 is 0.914 bits per heavy atom. The zero-order valence-electron chi connectivity index (χ0n) is 16.9. The summed E-state index contributed by atoms with van der Waals surface area (Å²) in [4.78, 5) is 31.1. The van der Waals surface area contributed by atoms with E-state index in [4.69, 9.17) is 28.3 Å². The number of hydrogen-bond donors (Lipinski definition) is 3. The van der Waals surface area contributed by atoms with Crippen LogP contribution in [0.25, 0.3) is 0 Å². The molecule has 3 aromatic rings. The van der Waals surface area contributed by atoms with Gasteiger partial charge in [0.15, 0.2) is 0 Å². The van der Waals surface area contributed by atoms with Crippen molar-refractivity contribution in [1.82, 2.24) is 0 Å². The maximum atomic E-state index is 12.2. The first kappa shape index (κ1) is 27.1. The summed E-state index contributed by atoms with van der Waals surface area (Å²) in [5, 5.41) is 41.9. The van der Waals surface area contributed by atoms with E-state index in [1.54, 1.807) is 0 Å². The summed E-state index contributed by atoms with van der Waals surface area (Å²) >= 11 is 11.6. The fourth-order valence-electron chi connectivity index (χ4n) is 2.51. The highest BCUT2D eigenvalue weighted by Gasteiger charge is 2.38. The third kappa shape index (κ3) is 7.19. The average molecular weight is 534 g/mol. The van der Waals surface area contributed by atoms with Crippen molar-refractivity contribution in [3.63, 3.8) is 0 Å². The maximum absolute atomic E-state index is 12.2. The second-order valence-corrected chi connectivity index (χ2v) is 7.34. The molecule has 3 rings (SSSR count). The van der Waals surface area contributed by atoms with Gasteiger partial charge < -0.3 is 15.5 Å². The number of nitrogens with zero attached hydrogens (tertiary/aromatic N) is 2. The van der Waals surface area contributed by atoms with Crippen LogP contribution in [0.3, 0.4) is 0 Å². The predicted molar refractivity (Wildman–Crippen MR) is 119 cm³/mol. The summed E-state index contributed by atoms with van der Waals surface area (Å²) in [5.74, 6) is -1.54. The Morgan fingerprint density at radius 2 is 1.57 bits per heavy atom. The fraction of sp³-hybridized carbons (Fsp3) is 0.0500. The minimum atomic E-state index is -4.85. The first-order valence-electron chi connectivity index (χ1n) is 8.99. The first-order chi connectivity index (χ1) is 16.2. The largest absolute Gasteiger partial charge is 0.508 e. The number of carbonyl (C=O) groups is 1. The number of non-ortho nitro benzene ring substituents is 1. The quantitative estimate of drug-likeness (QED) is 0.267. The Hall–Kier alpha value is -4.10. The van der Waals surface area contributed by atoms with E-state index in [0.717, 1.165) is 12.1 Å². The van der Waals surface area contributed by atoms with Crippen LogP contribution < -0.4 is 5.32 Å². The number of benzene rings is 3. The van der Waals surface area contributed by atoms with Crippen molar-refractivity contribution in [2.75, 3.05) is 5.32 Å². The van der Waals surface area contributed by atoms with Crippen molar-refractivity contribution in [3.8, 4) is 11.5 Å². The molecule has 184 valence electrons. The lowest BCUT2D eigenvalue weighted by molar-refractivity contribution is -0.388. The van der Waals surface area contributed by atoms with Gasteiger partial charge >= 0.3 is 6.18 Å². The summed E-state index contributed by atoms with van der Waals surface area (Å²) in [7, 11) is 0. The number of nitrogens with one attached hydrogen (secondary N) is 1. The summed E-state index contributed by atoms with van der Waals surface area (Å²) in [6.45, 7) is 0. The van der Waals surface area contributed by atoms with E-state index in [9.17, 15) is 43.3 Å². The van der Waals surface area contributed by atoms with Crippen LogP contribution in [0.4, 0.5) is 30.2 Å². The van der Waals surface area contributed by atoms with E-state index in [-0.39, 0.29) is 32.7 Å². The number of rotatable bonds is 4. The average Bonchev–Trinajstić information content (AvgIpc) is 2.76. The van der Waals surface area contributed by atoms with Crippen LogP contribution >= 0.6 is 23.2 Å². The molecule has 0 heterocycles. The van der Waals surface area contributed by atoms with Crippen molar-refractivity contribution < 1.29 is 38.0 Å². The summed E-state index contributed by atoms with van der Waals surface area (Å²) in [6, 6.07) is 9.41. The minimum absolute atomic E-state index is 0.0130. The standard InChI is InChI=1S/C13H8Cl2N2O4.C7H4F3NO3/c14-7-1-4-12(18)9(5-7)13(19)16-11-3-2-8(17(20)21)6-10(11)15;8-7(9,10)5-3-4(12)1-2-6(5)11(13)14/h1-6,18H,(H,16,19);1-3,12H. The van der Waals surface area contributed by atoms with Gasteiger partial charge in [-0.15, -0.1) is 0 Å². The van der Waals surface area contributed by atoms with Gasteiger partial charge in [0, 0.05) is 23.2 Å². The number of phenolic OH excluding ortho intramolecular Hbond substituents is 2. The van der Waals surface area contributed by atoms with Crippen LogP contribution in [0.1, 0.15) is 15.9 Å². The topological polar surface area (TPSA) is 156 Å². The smallest absolute Gasteiger partial charge is 0.423 e. The van der Waals surface area contributed by atoms with E-state index < -0.39 is 38.9 Å². The van der Waals surface area contributed by atoms with Gasteiger partial charge in [-0.05, 0) is 36.4 Å². The molecule has 0 saturated heterocycles. The zero-order chi connectivity index (χ0) is 26.5. The van der Waals surface area contributed by atoms with Crippen molar-refractivity contribution in [2.45, 2.75) is 6.18 Å². The van der Waals surface area contributed by atoms with E-state index in [2.05, 4.69) is 5.32 Å². The molecule has 0 aliphatic heterocycles. The third-order valence-electron chi connectivity index (χ3n) is 4.10. The van der Waals surface area contributed by atoms with Crippen LogP contribution in [-0.2, 0) is 6.18 Å². The summed E-state index contributed by atoms with van der Waals surface area (Å²) < 4.78 is 36.5. The second-order valence-electron chi connectivity index (χ2n) is 6.49. The normalized spacial score (nSPS) is 10.7. The Labute approximate surface area is 203 Å². The molecule has 0 radical (unpaired) electrons. The number of carbonyl (C=O) groups excluding carboxylic acids is 1. The lowest BCUT2D eigenvalue weighted by atomic mass is 10.1. The summed E-state index contributed by atoms with van der Waals surface area (Å²) in [5.41, 5.74) is -2.56. The Morgan fingerprint density at radius 3 is 2.11 bits per heavy atom. The lowest BCUT2D eigenvalue weighted by Gasteiger charge is -2.08. The molecule has 10 nitrogen and oxygen atoms in total. The molecule has 1 amide bonds. The van der Waals surface area contributed by atoms with Crippen LogP contribution in [0.2, 0.25) is 10.0 Å². The Balaban J connectivity index is 0.000000269. The number of nitro groups is 2. The van der Waals surface area contributed by atoms with Gasteiger partial charge in [-0.2, -0.15) is 13.2 Å². The molecule has 3 N–H and O–H groups in total. The van der Waals surface area contributed by atoms with E-state index in [0.29, 0.717) is 12.1 Å². The van der Waals surface area contributed by atoms with Gasteiger partial charge in [0.1, 0.15) is 17.1 Å². The number of alkyl halides is 3. The number of anilines is 1. The number of phenols is 2. The zero-order valence-corrected chi connectivity index (χ0v) is 18.4. The molecule has 0 bridgehead atoms. The SMILES string of the molecule is O=C(Nc1ccc([N+](=O)[O-])cc1Cl)c1cc(Cl)ccc1O.O=[N+]([O-])c1ccc(O)cc1C(F)(F)F. The molecule has 3 aromatic carbocycles. The number of halogens is 5. The van der Waals surface area contributed by atoms with Gasteiger partial charge in [-0.1, -0.05) is 23.2 Å². The van der Waals surface area contributed by atoms with Crippen LogP contribution in [-0.4, -0.2) is 26.0 Å². The van der Waals surface area contributed by atoms with E-state index in [1.165, 1.54) is 30.3 Å². The van der Waals surface area contributed by atoms with Gasteiger partial charge in [0.05, 0.1) is 26.1 Å². The molecule has 0 atom stereocenters. The Bertz CT molecular complexity index is 1300. The van der Waals surface area contributed by atoms with E-state index >= 15 is 0 Å². The van der Waals surface area contributed by atoms with Gasteiger partial charge in [0.2, 0.25) is 0 Å². The molecule has 0 aliphatic rings. The molecule has 15 heteroatoms. The molecule has 0 aliphatic carbocycles. The van der Waals surface area contributed by atoms with Crippen LogP contribution in [0, 0.1) is 20.2 Å². The highest BCUT2D eigenvalue weighted by molar-refractivity contribution is 6.34. The fourth-order valence-corrected chi connectivity index (χ4v) is 2.90. The van der Waals surface area contributed by atoms with Gasteiger partial charge in [-0.25, -0.2) is 0 Å². The first-order valence-corrected chi connectivity index (χ1v) is 9.74. The number of amides is 1. The maximum Gasteiger partial charge on any atom is 0.423 e. The van der Waals surface area contributed by atoms with Gasteiger partial charge in [-0.3, -0.25) is 25.0 Å². The molecule has 0 fully saturated rings. The highest BCUT2D eigenvalue weighted by Crippen LogP contribution is 2.37. The molecular formula is C20H12Cl2F3N3O7. The van der Waals surface area contributed by atoms with Crippen LogP contribution in [0.15, 0.2) is 54.6 Å². The van der Waals surface area contributed by atoms with Crippen LogP contribution in [0.5, 0.6) is 11.5 Å². The van der Waals surface area contributed by atoms with Crippen molar-refractivity contribution in [1.29, 1.82) is 0 Å². The molecular weight excluding hydrogens is 522 g/mol. The van der Waals surface area contributed by atoms with Crippen molar-refractivity contribution in [3.05, 3.63) is 96.0 Å². The van der Waals surface area contributed by atoms with Crippen molar-refractivity contribution in [2.24, 2.45) is 0 Å². The van der Waals surface area contributed by atoms with Gasteiger partial charge in [0.25, 0.3) is 17.3 Å². The molecule has 0 spiro atoms. The Kier molecular flexibility index (Phi) is 8.44. The molecule has 35 heavy (non-hydrogen) atoms. The molecule has 0 aromatic heterocycles. The molecule has 0 unspecified atom stereocenters. The number of nitro benzene ring substituents is 2. The number of hydrogen-bond acceptors (Lipinski definition) is 7. The monoisotopic (exact) mass is 533 g/mol. The minimum Gasteiger partial charge on any atom is -0.508 e. The third-order valence-corrected chi connectivity index (χ3v) is 4.64. The van der Waals surface area contributed by atoms with E-state index in [1.807, 2.05) is 0 Å².